The second kappa shape index (κ2) is 3.23. The topological polar surface area (TPSA) is 12.5 Å². The number of hydrogen-bond acceptors (Lipinski definition) is 2. The van der Waals surface area contributed by atoms with Gasteiger partial charge in [-0.25, -0.2) is 0 Å². The van der Waals surface area contributed by atoms with Crippen LogP contribution in [0, 0.1) is 0 Å². The predicted octanol–water partition coefficient (Wildman–Crippen LogP) is 2.08. The fourth-order valence-corrected chi connectivity index (χ4v) is 1.55. The quantitative estimate of drug-likeness (QED) is 0.651. The van der Waals surface area contributed by atoms with Gasteiger partial charge in [0.1, 0.15) is 5.75 Å². The molecule has 0 saturated carbocycles. The van der Waals surface area contributed by atoms with Gasteiger partial charge in [0.15, 0.2) is 6.73 Å². The molecule has 0 bridgehead atoms. The lowest BCUT2D eigenvalue weighted by molar-refractivity contribution is 0.348. The van der Waals surface area contributed by atoms with Crippen molar-refractivity contribution in [3.05, 3.63) is 24.3 Å². The van der Waals surface area contributed by atoms with Crippen LogP contribution in [0.4, 0.5) is 5.69 Å². The Morgan fingerprint density at radius 1 is 1.42 bits per heavy atom. The van der Waals surface area contributed by atoms with Gasteiger partial charge in [-0.3, -0.25) is 0 Å². The summed E-state index contributed by atoms with van der Waals surface area (Å²) in [6.45, 7) is 1.48. The Morgan fingerprint density at radius 2 is 2.25 bits per heavy atom. The summed E-state index contributed by atoms with van der Waals surface area (Å²) < 4.78 is 5.43. The predicted molar refractivity (Wildman–Crippen MR) is 50.0 cm³/mol. The molecule has 0 fully saturated rings. The highest BCUT2D eigenvalue weighted by Crippen LogP contribution is 2.32. The van der Waals surface area contributed by atoms with Crippen molar-refractivity contribution >= 4 is 17.3 Å². The second-order valence-electron chi connectivity index (χ2n) is 2.69. The van der Waals surface area contributed by atoms with Crippen molar-refractivity contribution in [2.75, 3.05) is 24.1 Å². The van der Waals surface area contributed by atoms with E-state index >= 15 is 0 Å². The molecule has 0 atom stereocenters. The van der Waals surface area contributed by atoms with Crippen LogP contribution in [0.2, 0.25) is 0 Å². The zero-order chi connectivity index (χ0) is 8.39. The van der Waals surface area contributed by atoms with E-state index in [4.69, 9.17) is 16.3 Å². The summed E-state index contributed by atoms with van der Waals surface area (Å²) in [6, 6.07) is 8.01. The molecule has 0 radical (unpaired) electrons. The van der Waals surface area contributed by atoms with Crippen molar-refractivity contribution in [1.29, 1.82) is 0 Å². The number of halogens is 1. The number of alkyl halides is 1. The van der Waals surface area contributed by atoms with Crippen LogP contribution in [-0.2, 0) is 0 Å². The van der Waals surface area contributed by atoms with E-state index in [0.717, 1.165) is 18.0 Å². The van der Waals surface area contributed by atoms with Crippen LogP contribution in [0.3, 0.4) is 0 Å². The summed E-state index contributed by atoms with van der Waals surface area (Å²) in [6.07, 6.45) is 0. The Kier molecular flexibility index (Phi) is 2.09. The molecule has 0 spiro atoms. The van der Waals surface area contributed by atoms with Gasteiger partial charge < -0.3 is 9.64 Å². The van der Waals surface area contributed by atoms with Gasteiger partial charge in [-0.1, -0.05) is 12.1 Å². The number of benzene rings is 1. The first kappa shape index (κ1) is 7.74. The molecule has 2 nitrogen and oxygen atoms in total. The number of para-hydroxylation sites is 2. The van der Waals surface area contributed by atoms with Crippen molar-refractivity contribution in [2.24, 2.45) is 0 Å². The number of rotatable bonds is 2. The molecule has 1 heterocycles. The van der Waals surface area contributed by atoms with Gasteiger partial charge in [0, 0.05) is 12.4 Å². The minimum atomic E-state index is 0.631. The maximum absolute atomic E-state index is 5.65. The molecule has 0 N–H and O–H groups in total. The highest BCUT2D eigenvalue weighted by atomic mass is 35.5. The van der Waals surface area contributed by atoms with E-state index in [1.54, 1.807) is 0 Å². The minimum Gasteiger partial charge on any atom is -0.471 e. The smallest absolute Gasteiger partial charge is 0.161 e. The zero-order valence-corrected chi connectivity index (χ0v) is 7.42. The van der Waals surface area contributed by atoms with Gasteiger partial charge in [-0.2, -0.15) is 0 Å². The Balaban J connectivity index is 2.24. The number of nitrogens with zero attached hydrogens (tertiary/aromatic N) is 1. The summed E-state index contributed by atoms with van der Waals surface area (Å²) in [5.74, 6) is 1.60. The SMILES string of the molecule is ClCCN1COc2ccccc21. The number of ether oxygens (including phenoxy) is 1. The first-order chi connectivity index (χ1) is 5.92. The molecule has 0 aromatic heterocycles. The molecular weight excluding hydrogens is 174 g/mol. The second-order valence-corrected chi connectivity index (χ2v) is 3.07. The Bertz CT molecular complexity index is 275. The Labute approximate surface area is 76.7 Å². The van der Waals surface area contributed by atoms with Crippen LogP contribution < -0.4 is 9.64 Å². The summed E-state index contributed by atoms with van der Waals surface area (Å²) in [5.41, 5.74) is 1.15. The molecule has 0 aliphatic carbocycles. The largest absolute Gasteiger partial charge is 0.471 e. The number of anilines is 1. The maximum Gasteiger partial charge on any atom is 0.161 e. The molecule has 1 aliphatic heterocycles. The third-order valence-corrected chi connectivity index (χ3v) is 2.11. The molecule has 12 heavy (non-hydrogen) atoms. The van der Waals surface area contributed by atoms with Crippen LogP contribution in [0.15, 0.2) is 24.3 Å². The molecule has 1 aromatic rings. The molecule has 64 valence electrons. The number of hydrogen-bond donors (Lipinski definition) is 0. The average Bonchev–Trinajstić information content (AvgIpc) is 2.50. The summed E-state index contributed by atoms with van der Waals surface area (Å²) in [4.78, 5) is 2.13. The lowest BCUT2D eigenvalue weighted by Gasteiger charge is -2.13. The zero-order valence-electron chi connectivity index (χ0n) is 6.66. The Morgan fingerprint density at radius 3 is 3.08 bits per heavy atom. The third kappa shape index (κ3) is 1.23. The van der Waals surface area contributed by atoms with Crippen molar-refractivity contribution in [2.45, 2.75) is 0 Å². The van der Waals surface area contributed by atoms with Crippen molar-refractivity contribution in [1.82, 2.24) is 0 Å². The van der Waals surface area contributed by atoms with E-state index in [1.165, 1.54) is 0 Å². The first-order valence-corrected chi connectivity index (χ1v) is 4.48. The van der Waals surface area contributed by atoms with Gasteiger partial charge in [0.2, 0.25) is 0 Å². The van der Waals surface area contributed by atoms with Gasteiger partial charge in [-0.15, -0.1) is 11.6 Å². The standard InChI is InChI=1S/C9H10ClNO/c10-5-6-11-7-12-9-4-2-1-3-8(9)11/h1-4H,5-7H2. The van der Waals surface area contributed by atoms with E-state index in [0.29, 0.717) is 12.6 Å². The van der Waals surface area contributed by atoms with Crippen LogP contribution in [-0.4, -0.2) is 19.2 Å². The third-order valence-electron chi connectivity index (χ3n) is 1.94. The molecular formula is C9H10ClNO. The van der Waals surface area contributed by atoms with Crippen LogP contribution >= 0.6 is 11.6 Å². The molecule has 0 amide bonds. The number of fused-ring (bicyclic) bond motifs is 1. The molecule has 1 aliphatic rings. The fourth-order valence-electron chi connectivity index (χ4n) is 1.34. The summed E-state index contributed by atoms with van der Waals surface area (Å²) in [7, 11) is 0. The van der Waals surface area contributed by atoms with Crippen molar-refractivity contribution < 1.29 is 4.74 Å². The van der Waals surface area contributed by atoms with Gasteiger partial charge in [-0.05, 0) is 12.1 Å². The van der Waals surface area contributed by atoms with E-state index < -0.39 is 0 Å². The molecule has 3 heteroatoms. The lowest BCUT2D eigenvalue weighted by atomic mass is 10.3. The Hall–Kier alpha value is -0.890. The molecule has 0 unspecified atom stereocenters. The fraction of sp³-hybridized carbons (Fsp3) is 0.333. The summed E-state index contributed by atoms with van der Waals surface area (Å²) in [5, 5.41) is 0. The summed E-state index contributed by atoms with van der Waals surface area (Å²) >= 11 is 5.65. The van der Waals surface area contributed by atoms with Gasteiger partial charge >= 0.3 is 0 Å². The van der Waals surface area contributed by atoms with Crippen molar-refractivity contribution in [3.8, 4) is 5.75 Å². The van der Waals surface area contributed by atoms with Crippen LogP contribution in [0.25, 0.3) is 0 Å². The van der Waals surface area contributed by atoms with Crippen molar-refractivity contribution in [3.63, 3.8) is 0 Å². The van der Waals surface area contributed by atoms with E-state index in [-0.39, 0.29) is 0 Å². The normalized spacial score (nSPS) is 14.2. The first-order valence-electron chi connectivity index (χ1n) is 3.94. The highest BCUT2D eigenvalue weighted by molar-refractivity contribution is 6.18. The monoisotopic (exact) mass is 183 g/mol. The molecule has 2 rings (SSSR count). The van der Waals surface area contributed by atoms with E-state index in [2.05, 4.69) is 11.0 Å². The van der Waals surface area contributed by atoms with Gasteiger partial charge in [0.25, 0.3) is 0 Å². The maximum atomic E-state index is 5.65. The van der Waals surface area contributed by atoms with Gasteiger partial charge in [0.05, 0.1) is 5.69 Å². The molecule has 1 aromatic carbocycles. The van der Waals surface area contributed by atoms with E-state index in [9.17, 15) is 0 Å². The average molecular weight is 184 g/mol. The van der Waals surface area contributed by atoms with Crippen LogP contribution in [0.5, 0.6) is 5.75 Å². The minimum absolute atomic E-state index is 0.631. The molecule has 0 saturated heterocycles. The highest BCUT2D eigenvalue weighted by Gasteiger charge is 2.18. The van der Waals surface area contributed by atoms with E-state index in [1.807, 2.05) is 18.2 Å². The lowest BCUT2D eigenvalue weighted by Crippen LogP contribution is -2.23. The van der Waals surface area contributed by atoms with Crippen LogP contribution in [0.1, 0.15) is 0 Å².